The Morgan fingerprint density at radius 2 is 1.55 bits per heavy atom. The molecule has 112 valence electrons. The van der Waals surface area contributed by atoms with Gasteiger partial charge in [0.1, 0.15) is 0 Å². The van der Waals surface area contributed by atoms with E-state index in [1.165, 1.54) is 24.3 Å². The molecule has 2 aromatic rings. The lowest BCUT2D eigenvalue weighted by Crippen LogP contribution is -2.13. The molecule has 7 heteroatoms. The lowest BCUT2D eigenvalue weighted by molar-refractivity contribution is 0.102. The standard InChI is InChI=1S/C15H13N3O3S/c1-22(20,21)18-14-8-4-12(5-9-14)15(19)17-13-6-2-11(10-16)3-7-13/h2-9,18H,1H3,(H,17,19). The molecule has 0 atom stereocenters. The fraction of sp³-hybridized carbons (Fsp3) is 0.0667. The van der Waals surface area contributed by atoms with E-state index >= 15 is 0 Å². The molecule has 6 nitrogen and oxygen atoms in total. The van der Waals surface area contributed by atoms with Crippen LogP contribution in [-0.4, -0.2) is 20.6 Å². The topological polar surface area (TPSA) is 99.1 Å². The van der Waals surface area contributed by atoms with Crippen molar-refractivity contribution >= 4 is 27.3 Å². The second-order valence-electron chi connectivity index (χ2n) is 4.59. The maximum Gasteiger partial charge on any atom is 0.255 e. The van der Waals surface area contributed by atoms with Crippen molar-refractivity contribution in [3.05, 3.63) is 59.7 Å². The lowest BCUT2D eigenvalue weighted by atomic mass is 10.2. The monoisotopic (exact) mass is 315 g/mol. The first-order chi connectivity index (χ1) is 10.4. The molecule has 0 fully saturated rings. The van der Waals surface area contributed by atoms with E-state index in [2.05, 4.69) is 10.0 Å². The van der Waals surface area contributed by atoms with Gasteiger partial charge in [-0.15, -0.1) is 0 Å². The lowest BCUT2D eigenvalue weighted by Gasteiger charge is -2.07. The maximum absolute atomic E-state index is 12.1. The van der Waals surface area contributed by atoms with Crippen molar-refractivity contribution in [2.24, 2.45) is 0 Å². The third kappa shape index (κ3) is 4.33. The van der Waals surface area contributed by atoms with Crippen LogP contribution in [0.5, 0.6) is 0 Å². The minimum absolute atomic E-state index is 0.324. The van der Waals surface area contributed by atoms with E-state index in [1.54, 1.807) is 24.3 Å². The molecule has 22 heavy (non-hydrogen) atoms. The summed E-state index contributed by atoms with van der Waals surface area (Å²) in [5, 5.41) is 11.4. The molecular formula is C15H13N3O3S. The highest BCUT2D eigenvalue weighted by Crippen LogP contribution is 2.14. The normalized spacial score (nSPS) is 10.5. The van der Waals surface area contributed by atoms with Gasteiger partial charge >= 0.3 is 0 Å². The summed E-state index contributed by atoms with van der Waals surface area (Å²) in [5.74, 6) is -0.324. The molecule has 0 saturated carbocycles. The first-order valence-corrected chi connectivity index (χ1v) is 8.16. The Labute approximate surface area is 128 Å². The van der Waals surface area contributed by atoms with Crippen molar-refractivity contribution < 1.29 is 13.2 Å². The van der Waals surface area contributed by atoms with Crippen molar-refractivity contribution in [1.82, 2.24) is 0 Å². The molecule has 0 aliphatic heterocycles. The number of benzene rings is 2. The van der Waals surface area contributed by atoms with Crippen LogP contribution < -0.4 is 10.0 Å². The van der Waals surface area contributed by atoms with E-state index in [-0.39, 0.29) is 5.91 Å². The molecule has 2 aromatic carbocycles. The summed E-state index contributed by atoms with van der Waals surface area (Å²) < 4.78 is 24.5. The minimum atomic E-state index is -3.34. The predicted octanol–water partition coefficient (Wildman–Crippen LogP) is 2.18. The molecule has 0 saturated heterocycles. The van der Waals surface area contributed by atoms with E-state index in [0.717, 1.165) is 6.26 Å². The highest BCUT2D eigenvalue weighted by molar-refractivity contribution is 7.92. The van der Waals surface area contributed by atoms with Gasteiger partial charge in [0, 0.05) is 16.9 Å². The van der Waals surface area contributed by atoms with Crippen LogP contribution >= 0.6 is 0 Å². The van der Waals surface area contributed by atoms with Gasteiger partial charge in [-0.25, -0.2) is 8.42 Å². The van der Waals surface area contributed by atoms with Crippen LogP contribution in [0.15, 0.2) is 48.5 Å². The Hall–Kier alpha value is -2.85. The fourth-order valence-corrected chi connectivity index (χ4v) is 2.30. The summed E-state index contributed by atoms with van der Waals surface area (Å²) in [6.45, 7) is 0. The van der Waals surface area contributed by atoms with Gasteiger partial charge in [0.05, 0.1) is 17.9 Å². The fourth-order valence-electron chi connectivity index (χ4n) is 1.74. The van der Waals surface area contributed by atoms with Crippen LogP contribution in [0.2, 0.25) is 0 Å². The van der Waals surface area contributed by atoms with E-state index in [4.69, 9.17) is 5.26 Å². The second-order valence-corrected chi connectivity index (χ2v) is 6.34. The quantitative estimate of drug-likeness (QED) is 0.903. The van der Waals surface area contributed by atoms with E-state index in [1.807, 2.05) is 6.07 Å². The molecule has 0 bridgehead atoms. The summed E-state index contributed by atoms with van der Waals surface area (Å²) in [5.41, 5.74) is 1.86. The van der Waals surface area contributed by atoms with Crippen LogP contribution in [0.4, 0.5) is 11.4 Å². The molecular weight excluding hydrogens is 302 g/mol. The third-order valence-corrected chi connectivity index (χ3v) is 3.33. The maximum atomic E-state index is 12.1. The number of amides is 1. The zero-order chi connectivity index (χ0) is 16.2. The van der Waals surface area contributed by atoms with Crippen LogP contribution in [0.25, 0.3) is 0 Å². The Bertz CT molecular complexity index is 820. The van der Waals surface area contributed by atoms with Crippen LogP contribution in [0, 0.1) is 11.3 Å². The van der Waals surface area contributed by atoms with Crippen LogP contribution in [0.3, 0.4) is 0 Å². The Morgan fingerprint density at radius 3 is 2.05 bits per heavy atom. The van der Waals surface area contributed by atoms with Crippen LogP contribution in [-0.2, 0) is 10.0 Å². The molecule has 0 aliphatic carbocycles. The molecule has 0 unspecified atom stereocenters. The number of nitrogens with one attached hydrogen (secondary N) is 2. The van der Waals surface area contributed by atoms with E-state index in [9.17, 15) is 13.2 Å². The molecule has 0 aromatic heterocycles. The van der Waals surface area contributed by atoms with E-state index < -0.39 is 10.0 Å². The SMILES string of the molecule is CS(=O)(=O)Nc1ccc(C(=O)Nc2ccc(C#N)cc2)cc1. The average Bonchev–Trinajstić information content (AvgIpc) is 2.47. The number of nitrogens with zero attached hydrogens (tertiary/aromatic N) is 1. The van der Waals surface area contributed by atoms with Gasteiger partial charge in [0.2, 0.25) is 10.0 Å². The zero-order valence-corrected chi connectivity index (χ0v) is 12.5. The number of nitriles is 1. The molecule has 0 aliphatic rings. The average molecular weight is 315 g/mol. The number of carbonyl (C=O) groups is 1. The van der Waals surface area contributed by atoms with Crippen molar-refractivity contribution in [3.63, 3.8) is 0 Å². The Morgan fingerprint density at radius 1 is 1.00 bits per heavy atom. The highest BCUT2D eigenvalue weighted by Gasteiger charge is 2.07. The summed E-state index contributed by atoms with van der Waals surface area (Å²) in [7, 11) is -3.34. The number of anilines is 2. The van der Waals surface area contributed by atoms with E-state index in [0.29, 0.717) is 22.5 Å². The number of sulfonamides is 1. The summed E-state index contributed by atoms with van der Waals surface area (Å²) >= 11 is 0. The number of hydrogen-bond acceptors (Lipinski definition) is 4. The molecule has 0 spiro atoms. The van der Waals surface area contributed by atoms with Gasteiger partial charge in [-0.3, -0.25) is 9.52 Å². The van der Waals surface area contributed by atoms with Gasteiger partial charge < -0.3 is 5.32 Å². The van der Waals surface area contributed by atoms with Gasteiger partial charge in [0.15, 0.2) is 0 Å². The smallest absolute Gasteiger partial charge is 0.255 e. The zero-order valence-electron chi connectivity index (χ0n) is 11.7. The molecule has 1 amide bonds. The molecule has 2 rings (SSSR count). The second kappa shape index (κ2) is 6.28. The van der Waals surface area contributed by atoms with Gasteiger partial charge in [-0.05, 0) is 48.5 Å². The van der Waals surface area contributed by atoms with Gasteiger partial charge in [-0.1, -0.05) is 0 Å². The number of carbonyl (C=O) groups excluding carboxylic acids is 1. The molecule has 0 radical (unpaired) electrons. The van der Waals surface area contributed by atoms with Crippen molar-refractivity contribution in [3.8, 4) is 6.07 Å². The number of rotatable bonds is 4. The van der Waals surface area contributed by atoms with Gasteiger partial charge in [-0.2, -0.15) is 5.26 Å². The first kappa shape index (κ1) is 15.5. The summed E-state index contributed by atoms with van der Waals surface area (Å²) in [6.07, 6.45) is 1.05. The summed E-state index contributed by atoms with van der Waals surface area (Å²) in [4.78, 5) is 12.1. The van der Waals surface area contributed by atoms with Crippen molar-refractivity contribution in [2.75, 3.05) is 16.3 Å². The van der Waals surface area contributed by atoms with Crippen LogP contribution in [0.1, 0.15) is 15.9 Å². The number of hydrogen-bond donors (Lipinski definition) is 2. The predicted molar refractivity (Wildman–Crippen MR) is 84.0 cm³/mol. The van der Waals surface area contributed by atoms with Crippen molar-refractivity contribution in [1.29, 1.82) is 5.26 Å². The molecule has 2 N–H and O–H groups in total. The Kier molecular flexibility index (Phi) is 4.44. The first-order valence-electron chi connectivity index (χ1n) is 6.27. The Balaban J connectivity index is 2.07. The summed E-state index contributed by atoms with van der Waals surface area (Å²) in [6, 6.07) is 14.5. The molecule has 0 heterocycles. The van der Waals surface area contributed by atoms with Crippen molar-refractivity contribution in [2.45, 2.75) is 0 Å². The largest absolute Gasteiger partial charge is 0.322 e. The third-order valence-electron chi connectivity index (χ3n) is 2.72. The minimum Gasteiger partial charge on any atom is -0.322 e. The highest BCUT2D eigenvalue weighted by atomic mass is 32.2. The van der Waals surface area contributed by atoms with Gasteiger partial charge in [0.25, 0.3) is 5.91 Å².